The maximum atomic E-state index is 8.25. The molecule has 0 N–H and O–H groups in total. The van der Waals surface area contributed by atoms with Crippen LogP contribution >= 0.6 is 0 Å². The third-order valence-electron chi connectivity index (χ3n) is 0. The van der Waals surface area contributed by atoms with Gasteiger partial charge in [-0.25, -0.2) is 0 Å². The first-order valence-corrected chi connectivity index (χ1v) is 0.842. The summed E-state index contributed by atoms with van der Waals surface area (Å²) in [5.41, 5.74) is 0. The van der Waals surface area contributed by atoms with Gasteiger partial charge in [0.15, 0.2) is 0 Å². The molecule has 33 valence electrons. The first-order valence-electron chi connectivity index (χ1n) is 0.204. The van der Waals surface area contributed by atoms with E-state index in [-0.39, 0.29) is 58.3 Å². The van der Waals surface area contributed by atoms with Gasteiger partial charge in [-0.15, -0.1) is 0 Å². The second-order valence-corrected chi connectivity index (χ2v) is 0. The SMILES string of the molecule is [Cr].[Ni].[O]=[Ti].[SbH2]. The Labute approximate surface area is 80.9 Å². The monoisotopic (exact) mass is 297 g/mol. The van der Waals surface area contributed by atoms with Crippen molar-refractivity contribution in [1.29, 1.82) is 0 Å². The van der Waals surface area contributed by atoms with Crippen molar-refractivity contribution in [1.82, 2.24) is 0 Å². The van der Waals surface area contributed by atoms with Crippen molar-refractivity contribution in [3.05, 3.63) is 0 Å². The van der Waals surface area contributed by atoms with Gasteiger partial charge in [-0.1, -0.05) is 0 Å². The average Bonchev–Trinajstić information content (AvgIpc) is 1.00. The molecule has 0 aliphatic heterocycles. The van der Waals surface area contributed by atoms with E-state index in [0.717, 1.165) is 20.4 Å². The van der Waals surface area contributed by atoms with Gasteiger partial charge in [0.25, 0.3) is 0 Å². The van der Waals surface area contributed by atoms with Gasteiger partial charge in [-0.2, -0.15) is 0 Å². The summed E-state index contributed by atoms with van der Waals surface area (Å²) in [7, 11) is 0. The number of hydrogen-bond donors (Lipinski definition) is 0. The standard InChI is InChI=1S/Cr.Ni.O.Sb.Ti.2H. The van der Waals surface area contributed by atoms with Gasteiger partial charge >= 0.3 is 48.2 Å². The van der Waals surface area contributed by atoms with Crippen LogP contribution in [-0.2, 0) is 57.6 Å². The molecule has 0 aromatic carbocycles. The van der Waals surface area contributed by atoms with Crippen LogP contribution in [0.2, 0.25) is 0 Å². The molecule has 0 aromatic heterocycles. The number of rotatable bonds is 0. The third-order valence-corrected chi connectivity index (χ3v) is 0. The first-order chi connectivity index (χ1) is 1.00. The van der Waals surface area contributed by atoms with E-state index in [4.69, 9.17) is 3.32 Å². The summed E-state index contributed by atoms with van der Waals surface area (Å²) in [5.74, 6) is 0. The van der Waals surface area contributed by atoms with Crippen LogP contribution in [0.25, 0.3) is 0 Å². The molecule has 0 aromatic rings. The van der Waals surface area contributed by atoms with E-state index in [0.29, 0.717) is 0 Å². The van der Waals surface area contributed by atoms with E-state index in [9.17, 15) is 0 Å². The van der Waals surface area contributed by atoms with Crippen molar-refractivity contribution in [3.63, 3.8) is 0 Å². The molecule has 0 unspecified atom stereocenters. The van der Waals surface area contributed by atoms with Gasteiger partial charge in [-0.05, 0) is 0 Å². The van der Waals surface area contributed by atoms with Crippen molar-refractivity contribution >= 4 is 24.4 Å². The summed E-state index contributed by atoms with van der Waals surface area (Å²) in [5, 5.41) is 0. The van der Waals surface area contributed by atoms with Crippen molar-refractivity contribution in [3.8, 4) is 0 Å². The Morgan fingerprint density at radius 1 is 1.20 bits per heavy atom. The zero-order valence-electron chi connectivity index (χ0n) is 2.21. The summed E-state index contributed by atoms with van der Waals surface area (Å²) >= 11 is 0.750. The van der Waals surface area contributed by atoms with E-state index >= 15 is 0 Å². The van der Waals surface area contributed by atoms with Crippen molar-refractivity contribution < 1.29 is 57.6 Å². The molecule has 0 amide bonds. The normalized spacial score (nSPS) is 0.600. The molecule has 5 heteroatoms. The van der Waals surface area contributed by atoms with Gasteiger partial charge in [0.1, 0.15) is 0 Å². The van der Waals surface area contributed by atoms with Crippen LogP contribution < -0.4 is 0 Å². The Kier molecular flexibility index (Phi) is 173. The topological polar surface area (TPSA) is 17.1 Å². The molecule has 0 bridgehead atoms. The Hall–Kier alpha value is 2.36. The molecule has 0 rings (SSSR count). The van der Waals surface area contributed by atoms with Gasteiger partial charge in [-0.3, -0.25) is 0 Å². The van der Waals surface area contributed by atoms with E-state index in [2.05, 4.69) is 0 Å². The first kappa shape index (κ1) is 26.4. The van der Waals surface area contributed by atoms with E-state index in [1.165, 1.54) is 0 Å². The molecule has 0 spiro atoms. The molecule has 0 saturated heterocycles. The predicted octanol–water partition coefficient (Wildman–Crippen LogP) is -1.04. The second-order valence-electron chi connectivity index (χ2n) is 0. The van der Waals surface area contributed by atoms with Crippen molar-refractivity contribution in [2.45, 2.75) is 0 Å². The average molecular weight is 298 g/mol. The van der Waals surface area contributed by atoms with Crippen LogP contribution in [0.1, 0.15) is 0 Å². The van der Waals surface area contributed by atoms with Crippen LogP contribution in [0.5, 0.6) is 0 Å². The molecule has 0 saturated carbocycles. The van der Waals surface area contributed by atoms with E-state index in [1.807, 2.05) is 0 Å². The molecular formula is H2CrNiOSbTi. The van der Waals surface area contributed by atoms with Gasteiger partial charge in [0.2, 0.25) is 0 Å². The predicted molar refractivity (Wildman–Crippen MR) is 9.23 cm³/mol. The fourth-order valence-electron chi connectivity index (χ4n) is 0. The summed E-state index contributed by atoms with van der Waals surface area (Å²) in [4.78, 5) is 0. The quantitative estimate of drug-likeness (QED) is 0.522. The molecule has 0 fully saturated rings. The van der Waals surface area contributed by atoms with Gasteiger partial charge in [0.05, 0.1) is 0 Å². The Morgan fingerprint density at radius 3 is 1.20 bits per heavy atom. The van der Waals surface area contributed by atoms with Crippen LogP contribution in [0.3, 0.4) is 0 Å². The second kappa shape index (κ2) is 32.8. The Bertz CT molecular complexity index is 11.6. The summed E-state index contributed by atoms with van der Waals surface area (Å²) < 4.78 is 8.25. The third kappa shape index (κ3) is 21.7. The molecule has 0 aliphatic carbocycles. The minimum absolute atomic E-state index is 0. The fourth-order valence-corrected chi connectivity index (χ4v) is 0. The molecule has 0 heterocycles. The minimum atomic E-state index is 0. The van der Waals surface area contributed by atoms with Gasteiger partial charge in [0, 0.05) is 33.9 Å². The molecule has 1 radical (unpaired) electrons. The van der Waals surface area contributed by atoms with Crippen LogP contribution in [-0.4, -0.2) is 24.4 Å². The Balaban J connectivity index is -0.00000000167. The zero-order chi connectivity index (χ0) is 2.00. The Morgan fingerprint density at radius 2 is 1.20 bits per heavy atom. The van der Waals surface area contributed by atoms with E-state index < -0.39 is 0 Å². The van der Waals surface area contributed by atoms with E-state index in [1.54, 1.807) is 0 Å². The van der Waals surface area contributed by atoms with Crippen molar-refractivity contribution in [2.24, 2.45) is 0 Å². The van der Waals surface area contributed by atoms with Crippen molar-refractivity contribution in [2.75, 3.05) is 0 Å². The summed E-state index contributed by atoms with van der Waals surface area (Å²) in [6.45, 7) is 0. The zero-order valence-corrected chi connectivity index (χ0v) is 9.33. The molecule has 0 aliphatic rings. The number of hydrogen-bond acceptors (Lipinski definition) is 1. The van der Waals surface area contributed by atoms with Crippen LogP contribution in [0.4, 0.5) is 0 Å². The molecule has 5 heavy (non-hydrogen) atoms. The molecule has 1 nitrogen and oxygen atoms in total. The van der Waals surface area contributed by atoms with Gasteiger partial charge < -0.3 is 0 Å². The summed E-state index contributed by atoms with van der Waals surface area (Å²) in [6, 6.07) is 0. The maximum absolute atomic E-state index is 8.25. The molecule has 0 atom stereocenters. The summed E-state index contributed by atoms with van der Waals surface area (Å²) in [6.07, 6.45) is 0. The fraction of sp³-hybridized carbons (Fsp3) is 0. The molecular weight excluding hydrogens is 296 g/mol. The van der Waals surface area contributed by atoms with Crippen LogP contribution in [0, 0.1) is 0 Å². The van der Waals surface area contributed by atoms with Crippen LogP contribution in [0.15, 0.2) is 0 Å².